The van der Waals surface area contributed by atoms with Gasteiger partial charge in [0, 0.05) is 45.5 Å². The molecule has 1 amide bonds. The zero-order valence-electron chi connectivity index (χ0n) is 13.4. The van der Waals surface area contributed by atoms with E-state index in [-0.39, 0.29) is 11.5 Å². The molecule has 0 unspecified atom stereocenters. The number of aliphatic hydroxyl groups is 1. The number of aryl methyl sites for hydroxylation is 1. The molecule has 2 fully saturated rings. The van der Waals surface area contributed by atoms with Gasteiger partial charge in [-0.3, -0.25) is 14.5 Å². The Kier molecular flexibility index (Phi) is 4.52. The monoisotopic (exact) mass is 321 g/mol. The van der Waals surface area contributed by atoms with Crippen LogP contribution < -0.4 is 5.56 Å². The van der Waals surface area contributed by atoms with E-state index >= 15 is 0 Å². The van der Waals surface area contributed by atoms with Crippen molar-refractivity contribution in [2.24, 2.45) is 7.05 Å². The van der Waals surface area contributed by atoms with Crippen LogP contribution in [-0.2, 0) is 11.8 Å². The lowest BCUT2D eigenvalue weighted by Gasteiger charge is -2.33. The third-order valence-electron chi connectivity index (χ3n) is 4.57. The first kappa shape index (κ1) is 16.2. The van der Waals surface area contributed by atoms with Crippen molar-refractivity contribution in [3.8, 4) is 0 Å². The minimum atomic E-state index is -0.867. The van der Waals surface area contributed by atoms with Gasteiger partial charge in [-0.15, -0.1) is 0 Å². The molecule has 1 atom stereocenters. The Labute approximate surface area is 135 Å². The first-order valence-electron chi connectivity index (χ1n) is 7.95. The van der Waals surface area contributed by atoms with E-state index in [2.05, 4.69) is 4.90 Å². The third-order valence-corrected chi connectivity index (χ3v) is 4.57. The quantitative estimate of drug-likeness (QED) is 0.796. The van der Waals surface area contributed by atoms with Crippen molar-refractivity contribution < 1.29 is 14.6 Å². The van der Waals surface area contributed by atoms with Crippen LogP contribution in [0.4, 0.5) is 0 Å². The number of morpholine rings is 1. The molecule has 0 aliphatic carbocycles. The van der Waals surface area contributed by atoms with Crippen LogP contribution in [0.3, 0.4) is 0 Å². The number of nitrogens with zero attached hydrogens (tertiary/aromatic N) is 3. The summed E-state index contributed by atoms with van der Waals surface area (Å²) >= 11 is 0. The minimum Gasteiger partial charge on any atom is -0.387 e. The van der Waals surface area contributed by atoms with Gasteiger partial charge < -0.3 is 19.3 Å². The maximum absolute atomic E-state index is 12.6. The van der Waals surface area contributed by atoms with E-state index in [0.29, 0.717) is 44.8 Å². The molecule has 3 heterocycles. The molecule has 7 nitrogen and oxygen atoms in total. The molecule has 0 radical (unpaired) electrons. The molecular formula is C16H23N3O4. The van der Waals surface area contributed by atoms with E-state index in [9.17, 15) is 14.7 Å². The first-order chi connectivity index (χ1) is 11.0. The Morgan fingerprint density at radius 1 is 1.30 bits per heavy atom. The van der Waals surface area contributed by atoms with E-state index in [1.54, 1.807) is 24.2 Å². The number of likely N-dealkylation sites (tertiary alicyclic amines) is 1. The standard InChI is InChI=1S/C16H23N3O4/c1-17-10-13(2-3-14(17)20)15(21)19-5-4-16(22,12-19)11-18-6-8-23-9-7-18/h2-3,10,22H,4-9,11-12H2,1H3/t16-/m0/s1. The molecule has 3 rings (SSSR count). The molecule has 0 saturated carbocycles. The molecule has 1 N–H and O–H groups in total. The Morgan fingerprint density at radius 2 is 2.04 bits per heavy atom. The second-order valence-corrected chi connectivity index (χ2v) is 6.46. The van der Waals surface area contributed by atoms with Crippen LogP contribution in [0.25, 0.3) is 0 Å². The summed E-state index contributed by atoms with van der Waals surface area (Å²) in [6, 6.07) is 2.94. The Morgan fingerprint density at radius 3 is 2.74 bits per heavy atom. The summed E-state index contributed by atoms with van der Waals surface area (Å²) in [4.78, 5) is 27.8. The first-order valence-corrected chi connectivity index (χ1v) is 7.95. The van der Waals surface area contributed by atoms with Crippen LogP contribution in [0.1, 0.15) is 16.8 Å². The highest BCUT2D eigenvalue weighted by Crippen LogP contribution is 2.24. The number of rotatable bonds is 3. The molecule has 1 aromatic heterocycles. The smallest absolute Gasteiger partial charge is 0.255 e. The van der Waals surface area contributed by atoms with E-state index in [1.807, 2.05) is 0 Å². The maximum Gasteiger partial charge on any atom is 0.255 e. The summed E-state index contributed by atoms with van der Waals surface area (Å²) in [5.74, 6) is -0.140. The van der Waals surface area contributed by atoms with Gasteiger partial charge in [0.2, 0.25) is 5.56 Å². The fraction of sp³-hybridized carbons (Fsp3) is 0.625. The molecule has 2 aliphatic heterocycles. The van der Waals surface area contributed by atoms with Gasteiger partial charge in [0.05, 0.1) is 30.9 Å². The molecule has 1 aromatic rings. The Balaban J connectivity index is 1.64. The number of amides is 1. The number of carbonyl (C=O) groups is 1. The van der Waals surface area contributed by atoms with Crippen molar-refractivity contribution in [1.82, 2.24) is 14.4 Å². The van der Waals surface area contributed by atoms with Crippen molar-refractivity contribution in [1.29, 1.82) is 0 Å². The van der Waals surface area contributed by atoms with Gasteiger partial charge in [-0.25, -0.2) is 0 Å². The zero-order valence-corrected chi connectivity index (χ0v) is 13.4. The Bertz CT molecular complexity index is 638. The number of ether oxygens (including phenoxy) is 1. The molecular weight excluding hydrogens is 298 g/mol. The number of hydrogen-bond acceptors (Lipinski definition) is 5. The van der Waals surface area contributed by atoms with Crippen molar-refractivity contribution >= 4 is 5.91 Å². The fourth-order valence-electron chi connectivity index (χ4n) is 3.24. The lowest BCUT2D eigenvalue weighted by molar-refractivity contribution is -0.0257. The van der Waals surface area contributed by atoms with Crippen molar-refractivity contribution in [3.05, 3.63) is 34.2 Å². The van der Waals surface area contributed by atoms with E-state index in [4.69, 9.17) is 4.74 Å². The molecule has 23 heavy (non-hydrogen) atoms. The number of carbonyl (C=O) groups excluding carboxylic acids is 1. The number of pyridine rings is 1. The molecule has 2 saturated heterocycles. The summed E-state index contributed by atoms with van der Waals surface area (Å²) < 4.78 is 6.71. The lowest BCUT2D eigenvalue weighted by Crippen LogP contribution is -2.49. The van der Waals surface area contributed by atoms with Crippen molar-refractivity contribution in [2.75, 3.05) is 45.9 Å². The average Bonchev–Trinajstić information content (AvgIpc) is 2.92. The normalized spacial score (nSPS) is 25.7. The second kappa shape index (κ2) is 6.43. The van der Waals surface area contributed by atoms with Crippen molar-refractivity contribution in [2.45, 2.75) is 12.0 Å². The minimum absolute atomic E-state index is 0.140. The van der Waals surface area contributed by atoms with Crippen LogP contribution in [0.5, 0.6) is 0 Å². The summed E-state index contributed by atoms with van der Waals surface area (Å²) in [7, 11) is 1.62. The molecule has 0 bridgehead atoms. The average molecular weight is 321 g/mol. The SMILES string of the molecule is Cn1cc(C(=O)N2CC[C@](O)(CN3CCOCC3)C2)ccc1=O. The maximum atomic E-state index is 12.6. The van der Waals surface area contributed by atoms with Gasteiger partial charge in [-0.1, -0.05) is 0 Å². The predicted molar refractivity (Wildman–Crippen MR) is 84.4 cm³/mol. The highest BCUT2D eigenvalue weighted by atomic mass is 16.5. The number of hydrogen-bond donors (Lipinski definition) is 1. The van der Waals surface area contributed by atoms with E-state index in [1.165, 1.54) is 10.6 Å². The van der Waals surface area contributed by atoms with Gasteiger partial charge in [0.15, 0.2) is 0 Å². The molecule has 0 spiro atoms. The van der Waals surface area contributed by atoms with Gasteiger partial charge in [0.1, 0.15) is 0 Å². The highest BCUT2D eigenvalue weighted by molar-refractivity contribution is 5.94. The molecule has 0 aromatic carbocycles. The van der Waals surface area contributed by atoms with Crippen LogP contribution in [-0.4, -0.2) is 76.9 Å². The van der Waals surface area contributed by atoms with Crippen LogP contribution in [0, 0.1) is 0 Å². The molecule has 7 heteroatoms. The van der Waals surface area contributed by atoms with Gasteiger partial charge in [-0.05, 0) is 12.5 Å². The van der Waals surface area contributed by atoms with Crippen LogP contribution >= 0.6 is 0 Å². The summed E-state index contributed by atoms with van der Waals surface area (Å²) in [5.41, 5.74) is -0.539. The molecule has 2 aliphatic rings. The highest BCUT2D eigenvalue weighted by Gasteiger charge is 2.39. The Hall–Kier alpha value is -1.70. The van der Waals surface area contributed by atoms with E-state index in [0.717, 1.165) is 13.1 Å². The summed E-state index contributed by atoms with van der Waals surface area (Å²) in [5, 5.41) is 10.8. The van der Waals surface area contributed by atoms with Crippen molar-refractivity contribution in [3.63, 3.8) is 0 Å². The predicted octanol–water partition coefficient (Wildman–Crippen LogP) is -0.705. The number of aromatic nitrogens is 1. The largest absolute Gasteiger partial charge is 0.387 e. The van der Waals surface area contributed by atoms with Crippen LogP contribution in [0.15, 0.2) is 23.1 Å². The van der Waals surface area contributed by atoms with Gasteiger partial charge in [0.25, 0.3) is 5.91 Å². The summed E-state index contributed by atoms with van der Waals surface area (Å²) in [6.07, 6.45) is 2.12. The van der Waals surface area contributed by atoms with Crippen LogP contribution in [0.2, 0.25) is 0 Å². The third kappa shape index (κ3) is 3.63. The number of β-amino-alcohol motifs (C(OH)–C–C–N with tert-alkyl or cyclic N) is 1. The topological polar surface area (TPSA) is 75.0 Å². The molecule has 126 valence electrons. The lowest BCUT2D eigenvalue weighted by atomic mass is 10.0. The second-order valence-electron chi connectivity index (χ2n) is 6.46. The van der Waals surface area contributed by atoms with E-state index < -0.39 is 5.60 Å². The van der Waals surface area contributed by atoms with Gasteiger partial charge >= 0.3 is 0 Å². The van der Waals surface area contributed by atoms with Gasteiger partial charge in [-0.2, -0.15) is 0 Å². The fourth-order valence-corrected chi connectivity index (χ4v) is 3.24. The zero-order chi connectivity index (χ0) is 16.4. The summed E-state index contributed by atoms with van der Waals surface area (Å²) in [6.45, 7) is 4.43.